The van der Waals surface area contributed by atoms with Crippen LogP contribution in [0.1, 0.15) is 18.4 Å². The quantitative estimate of drug-likeness (QED) is 0.643. The largest absolute Gasteiger partial charge is 0.378 e. The number of carbonyl (C=O) groups excluding carboxylic acids is 1. The summed E-state index contributed by atoms with van der Waals surface area (Å²) in [6.45, 7) is 3.92. The van der Waals surface area contributed by atoms with Gasteiger partial charge < -0.3 is 14.5 Å². The number of benzene rings is 2. The van der Waals surface area contributed by atoms with E-state index in [1.807, 2.05) is 18.2 Å². The number of sulfonamides is 1. The number of nitrogens with zero attached hydrogens (tertiary/aromatic N) is 3. The van der Waals surface area contributed by atoms with E-state index in [0.29, 0.717) is 32.6 Å². The summed E-state index contributed by atoms with van der Waals surface area (Å²) < 4.78 is 46.4. The van der Waals surface area contributed by atoms with Crippen molar-refractivity contribution >= 4 is 21.6 Å². The zero-order chi connectivity index (χ0) is 23.4. The Kier molecular flexibility index (Phi) is 7.31. The molecule has 2 saturated heterocycles. The van der Waals surface area contributed by atoms with Gasteiger partial charge in [0.25, 0.3) is 0 Å². The van der Waals surface area contributed by atoms with Gasteiger partial charge in [-0.3, -0.25) is 4.79 Å². The van der Waals surface area contributed by atoms with Crippen LogP contribution < -0.4 is 4.90 Å². The fourth-order valence-corrected chi connectivity index (χ4v) is 6.07. The number of rotatable bonds is 6. The van der Waals surface area contributed by atoms with Gasteiger partial charge in [0.1, 0.15) is 10.7 Å². The van der Waals surface area contributed by atoms with Gasteiger partial charge in [0.05, 0.1) is 13.2 Å². The number of amides is 1. The van der Waals surface area contributed by atoms with Crippen LogP contribution in [-0.4, -0.2) is 70.0 Å². The third-order valence-corrected chi connectivity index (χ3v) is 8.32. The van der Waals surface area contributed by atoms with Crippen molar-refractivity contribution in [3.8, 4) is 0 Å². The number of hydrogen-bond acceptors (Lipinski definition) is 5. The fourth-order valence-electron chi connectivity index (χ4n) is 4.54. The number of ether oxygens (including phenoxy) is 1. The number of anilines is 1. The van der Waals surface area contributed by atoms with Gasteiger partial charge in [0.2, 0.25) is 15.9 Å². The lowest BCUT2D eigenvalue weighted by atomic mass is 9.96. The molecule has 0 unspecified atom stereocenters. The first-order valence-electron chi connectivity index (χ1n) is 11.3. The van der Waals surface area contributed by atoms with E-state index in [9.17, 15) is 17.6 Å². The predicted molar refractivity (Wildman–Crippen MR) is 124 cm³/mol. The second kappa shape index (κ2) is 10.2. The monoisotopic (exact) mass is 475 g/mol. The third kappa shape index (κ3) is 5.20. The molecule has 178 valence electrons. The van der Waals surface area contributed by atoms with Crippen molar-refractivity contribution in [3.63, 3.8) is 0 Å². The highest BCUT2D eigenvalue weighted by Gasteiger charge is 2.34. The van der Waals surface area contributed by atoms with Crippen molar-refractivity contribution in [2.45, 2.75) is 24.3 Å². The molecule has 2 aromatic carbocycles. The highest BCUT2D eigenvalue weighted by Crippen LogP contribution is 2.28. The van der Waals surface area contributed by atoms with E-state index in [4.69, 9.17) is 4.74 Å². The Balaban J connectivity index is 1.38. The number of piperidine rings is 1. The van der Waals surface area contributed by atoms with Crippen molar-refractivity contribution in [2.24, 2.45) is 5.92 Å². The van der Waals surface area contributed by atoms with Crippen LogP contribution in [0.15, 0.2) is 53.4 Å². The molecule has 0 aromatic heterocycles. The molecule has 2 aliphatic rings. The smallest absolute Gasteiger partial charge is 0.245 e. The van der Waals surface area contributed by atoms with E-state index in [1.165, 1.54) is 22.5 Å². The molecule has 33 heavy (non-hydrogen) atoms. The number of para-hydroxylation sites is 1. The Morgan fingerprint density at radius 1 is 1.03 bits per heavy atom. The molecule has 7 nitrogen and oxygen atoms in total. The molecular formula is C24H30FN3O4S. The Labute approximate surface area is 194 Å². The maximum atomic E-state index is 14.0. The van der Waals surface area contributed by atoms with Gasteiger partial charge in [-0.25, -0.2) is 12.8 Å². The van der Waals surface area contributed by atoms with E-state index in [0.717, 1.165) is 30.4 Å². The highest BCUT2D eigenvalue weighted by molar-refractivity contribution is 7.89. The molecule has 0 bridgehead atoms. The first-order chi connectivity index (χ1) is 15.9. The van der Waals surface area contributed by atoms with Crippen molar-refractivity contribution in [1.82, 2.24) is 9.21 Å². The van der Waals surface area contributed by atoms with Crippen LogP contribution in [-0.2, 0) is 26.1 Å². The van der Waals surface area contributed by atoms with Gasteiger partial charge in [0.15, 0.2) is 0 Å². The molecule has 2 aliphatic heterocycles. The van der Waals surface area contributed by atoms with Crippen LogP contribution in [0.25, 0.3) is 0 Å². The zero-order valence-electron chi connectivity index (χ0n) is 18.8. The number of halogens is 1. The van der Waals surface area contributed by atoms with Gasteiger partial charge in [-0.2, -0.15) is 4.31 Å². The molecule has 0 spiro atoms. The molecule has 1 amide bonds. The molecule has 4 rings (SSSR count). The van der Waals surface area contributed by atoms with Crippen LogP contribution in [0.2, 0.25) is 0 Å². The second-order valence-corrected chi connectivity index (χ2v) is 10.4. The number of morpholine rings is 1. The first-order valence-corrected chi connectivity index (χ1v) is 12.7. The van der Waals surface area contributed by atoms with Gasteiger partial charge >= 0.3 is 0 Å². The summed E-state index contributed by atoms with van der Waals surface area (Å²) in [5.74, 6) is -0.998. The second-order valence-electron chi connectivity index (χ2n) is 8.53. The van der Waals surface area contributed by atoms with Crippen LogP contribution in [0.3, 0.4) is 0 Å². The van der Waals surface area contributed by atoms with Crippen molar-refractivity contribution in [2.75, 3.05) is 51.3 Å². The third-order valence-electron chi connectivity index (χ3n) is 6.38. The molecule has 0 saturated carbocycles. The normalized spacial score (nSPS) is 18.3. The maximum Gasteiger partial charge on any atom is 0.245 e. The summed E-state index contributed by atoms with van der Waals surface area (Å²) in [6.07, 6.45) is 0.837. The van der Waals surface area contributed by atoms with E-state index in [1.54, 1.807) is 11.9 Å². The van der Waals surface area contributed by atoms with Crippen LogP contribution >= 0.6 is 0 Å². The van der Waals surface area contributed by atoms with E-state index in [-0.39, 0.29) is 29.8 Å². The molecular weight excluding hydrogens is 445 g/mol. The maximum absolute atomic E-state index is 14.0. The molecule has 0 atom stereocenters. The zero-order valence-corrected chi connectivity index (χ0v) is 19.6. The van der Waals surface area contributed by atoms with Crippen molar-refractivity contribution in [3.05, 3.63) is 59.9 Å². The average Bonchev–Trinajstić information content (AvgIpc) is 2.84. The summed E-state index contributed by atoms with van der Waals surface area (Å²) in [5, 5.41) is 0. The molecule has 0 radical (unpaired) electrons. The Bertz CT molecular complexity index is 1080. The molecule has 0 aliphatic carbocycles. The Morgan fingerprint density at radius 3 is 2.36 bits per heavy atom. The summed E-state index contributed by atoms with van der Waals surface area (Å²) in [6, 6.07) is 13.5. The predicted octanol–water partition coefficient (Wildman–Crippen LogP) is 2.72. The van der Waals surface area contributed by atoms with E-state index in [2.05, 4.69) is 11.0 Å². The molecule has 9 heteroatoms. The SMILES string of the molecule is CN(Cc1ccccc1N1CCOCC1)C(=O)C1CCN(S(=O)(=O)c2ccccc2F)CC1. The number of hydrogen-bond donors (Lipinski definition) is 0. The van der Waals surface area contributed by atoms with Crippen molar-refractivity contribution in [1.29, 1.82) is 0 Å². The van der Waals surface area contributed by atoms with Gasteiger partial charge in [0, 0.05) is 51.4 Å². The van der Waals surface area contributed by atoms with Crippen LogP contribution in [0.4, 0.5) is 10.1 Å². The molecule has 0 N–H and O–H groups in total. The topological polar surface area (TPSA) is 70.2 Å². The van der Waals surface area contributed by atoms with Gasteiger partial charge in [-0.15, -0.1) is 0 Å². The first kappa shape index (κ1) is 23.7. The Morgan fingerprint density at radius 2 is 1.67 bits per heavy atom. The molecule has 2 heterocycles. The van der Waals surface area contributed by atoms with Crippen molar-refractivity contribution < 1.29 is 22.3 Å². The lowest BCUT2D eigenvalue weighted by Crippen LogP contribution is -2.43. The lowest BCUT2D eigenvalue weighted by Gasteiger charge is -2.34. The lowest BCUT2D eigenvalue weighted by molar-refractivity contribution is -0.135. The highest BCUT2D eigenvalue weighted by atomic mass is 32.2. The van der Waals surface area contributed by atoms with Gasteiger partial charge in [-0.05, 0) is 36.6 Å². The van der Waals surface area contributed by atoms with E-state index < -0.39 is 15.8 Å². The minimum Gasteiger partial charge on any atom is -0.378 e. The minimum atomic E-state index is -3.91. The van der Waals surface area contributed by atoms with Gasteiger partial charge in [-0.1, -0.05) is 30.3 Å². The summed E-state index contributed by atoms with van der Waals surface area (Å²) in [5.41, 5.74) is 2.20. The average molecular weight is 476 g/mol. The Hall–Kier alpha value is -2.49. The van der Waals surface area contributed by atoms with E-state index >= 15 is 0 Å². The minimum absolute atomic E-state index is 0.00900. The molecule has 2 aromatic rings. The fraction of sp³-hybridized carbons (Fsp3) is 0.458. The molecule has 2 fully saturated rings. The summed E-state index contributed by atoms with van der Waals surface area (Å²) >= 11 is 0. The number of carbonyl (C=O) groups is 1. The summed E-state index contributed by atoms with van der Waals surface area (Å²) in [7, 11) is -2.12. The summed E-state index contributed by atoms with van der Waals surface area (Å²) in [4.78, 5) is 16.8. The van der Waals surface area contributed by atoms with Crippen LogP contribution in [0.5, 0.6) is 0 Å². The standard InChI is InChI=1S/C24H30FN3O4S/c1-26(18-20-6-2-4-8-22(20)27-14-16-32-17-15-27)24(29)19-10-12-28(13-11-19)33(30,31)23-9-5-3-7-21(23)25/h2-9,19H,10-18H2,1H3. The van der Waals surface area contributed by atoms with Crippen LogP contribution in [0, 0.1) is 11.7 Å².